The standard InChI is InChI=1S/C21H21N3O3/c25-20(22-11-9-15-13-23-17-6-2-1-5-16(15)17)10-12-24-18-7-3-4-8-19(18)27-14-21(24)26/h1-8,13,23H,9-12,14H2,(H,22,25). The Morgan fingerprint density at radius 3 is 2.89 bits per heavy atom. The average molecular weight is 363 g/mol. The number of ether oxygens (including phenoxy) is 1. The molecule has 0 saturated carbocycles. The molecule has 1 aromatic heterocycles. The van der Waals surface area contributed by atoms with Gasteiger partial charge < -0.3 is 19.9 Å². The number of carbonyl (C=O) groups is 2. The summed E-state index contributed by atoms with van der Waals surface area (Å²) < 4.78 is 5.42. The van der Waals surface area contributed by atoms with Crippen LogP contribution >= 0.6 is 0 Å². The Morgan fingerprint density at radius 2 is 1.96 bits per heavy atom. The van der Waals surface area contributed by atoms with Gasteiger partial charge in [-0.15, -0.1) is 0 Å². The second-order valence-electron chi connectivity index (χ2n) is 6.51. The quantitative estimate of drug-likeness (QED) is 0.707. The van der Waals surface area contributed by atoms with E-state index in [1.165, 1.54) is 10.9 Å². The van der Waals surface area contributed by atoms with Crippen LogP contribution in [-0.2, 0) is 16.0 Å². The topological polar surface area (TPSA) is 74.4 Å². The number of hydrogen-bond acceptors (Lipinski definition) is 3. The third kappa shape index (κ3) is 3.65. The number of nitrogens with zero attached hydrogens (tertiary/aromatic N) is 1. The molecule has 1 aliphatic rings. The number of hydrogen-bond donors (Lipinski definition) is 2. The molecule has 0 unspecified atom stereocenters. The molecule has 6 nitrogen and oxygen atoms in total. The summed E-state index contributed by atoms with van der Waals surface area (Å²) in [5, 5.41) is 4.12. The molecule has 138 valence electrons. The third-order valence-corrected chi connectivity index (χ3v) is 4.76. The summed E-state index contributed by atoms with van der Waals surface area (Å²) in [6.45, 7) is 0.922. The van der Waals surface area contributed by atoms with Crippen LogP contribution < -0.4 is 15.0 Å². The maximum atomic E-state index is 12.2. The van der Waals surface area contributed by atoms with Crippen LogP contribution in [0.1, 0.15) is 12.0 Å². The maximum Gasteiger partial charge on any atom is 0.265 e. The normalized spacial score (nSPS) is 13.3. The van der Waals surface area contributed by atoms with Crippen LogP contribution in [0.3, 0.4) is 0 Å². The summed E-state index contributed by atoms with van der Waals surface area (Å²) >= 11 is 0. The fourth-order valence-electron chi connectivity index (χ4n) is 3.38. The number of anilines is 1. The van der Waals surface area contributed by atoms with Crippen LogP contribution in [0.4, 0.5) is 5.69 Å². The predicted octanol–water partition coefficient (Wildman–Crippen LogP) is 2.64. The van der Waals surface area contributed by atoms with Crippen molar-refractivity contribution in [1.29, 1.82) is 0 Å². The van der Waals surface area contributed by atoms with Gasteiger partial charge in [-0.25, -0.2) is 0 Å². The number of aromatic amines is 1. The van der Waals surface area contributed by atoms with E-state index in [9.17, 15) is 9.59 Å². The van der Waals surface area contributed by atoms with E-state index < -0.39 is 0 Å². The summed E-state index contributed by atoms with van der Waals surface area (Å²) in [4.78, 5) is 29.2. The highest BCUT2D eigenvalue weighted by Gasteiger charge is 2.25. The Kier molecular flexibility index (Phi) is 4.78. The average Bonchev–Trinajstić information content (AvgIpc) is 3.10. The van der Waals surface area contributed by atoms with Crippen LogP contribution in [0.2, 0.25) is 0 Å². The van der Waals surface area contributed by atoms with Crippen LogP contribution in [0.5, 0.6) is 5.75 Å². The lowest BCUT2D eigenvalue weighted by molar-refractivity contribution is -0.122. The van der Waals surface area contributed by atoms with E-state index in [0.717, 1.165) is 17.6 Å². The molecule has 0 atom stereocenters. The maximum absolute atomic E-state index is 12.2. The zero-order valence-electron chi connectivity index (χ0n) is 14.9. The molecule has 0 saturated heterocycles. The van der Waals surface area contributed by atoms with E-state index in [2.05, 4.69) is 16.4 Å². The van der Waals surface area contributed by atoms with Crippen molar-refractivity contribution in [3.8, 4) is 5.75 Å². The number of fused-ring (bicyclic) bond motifs is 2. The highest BCUT2D eigenvalue weighted by atomic mass is 16.5. The Labute approximate surface area is 157 Å². The van der Waals surface area contributed by atoms with Gasteiger partial charge in [0.2, 0.25) is 5.91 Å². The zero-order valence-corrected chi connectivity index (χ0v) is 14.9. The first kappa shape index (κ1) is 17.1. The van der Waals surface area contributed by atoms with Gasteiger partial charge in [0.25, 0.3) is 5.91 Å². The fraction of sp³-hybridized carbons (Fsp3) is 0.238. The van der Waals surface area contributed by atoms with Gasteiger partial charge in [0.15, 0.2) is 6.61 Å². The Hall–Kier alpha value is -3.28. The molecule has 6 heteroatoms. The highest BCUT2D eigenvalue weighted by Crippen LogP contribution is 2.31. The van der Waals surface area contributed by atoms with Gasteiger partial charge in [0, 0.05) is 36.6 Å². The number of aromatic nitrogens is 1. The molecule has 4 rings (SSSR count). The molecule has 2 N–H and O–H groups in total. The number of amides is 2. The van der Waals surface area contributed by atoms with Crippen molar-refractivity contribution in [3.05, 3.63) is 60.3 Å². The van der Waals surface area contributed by atoms with Crippen LogP contribution in [-0.4, -0.2) is 36.5 Å². The predicted molar refractivity (Wildman–Crippen MR) is 104 cm³/mol. The number of H-pyrrole nitrogens is 1. The molecule has 27 heavy (non-hydrogen) atoms. The van der Waals surface area contributed by atoms with Gasteiger partial charge in [-0.3, -0.25) is 9.59 Å². The lowest BCUT2D eigenvalue weighted by Gasteiger charge is -2.29. The van der Waals surface area contributed by atoms with Gasteiger partial charge in [-0.05, 0) is 30.2 Å². The van der Waals surface area contributed by atoms with E-state index in [-0.39, 0.29) is 24.8 Å². The summed E-state index contributed by atoms with van der Waals surface area (Å²) in [5.74, 6) is 0.490. The van der Waals surface area contributed by atoms with Crippen molar-refractivity contribution in [2.75, 3.05) is 24.6 Å². The molecule has 2 amide bonds. The van der Waals surface area contributed by atoms with Crippen LogP contribution in [0.15, 0.2) is 54.7 Å². The monoisotopic (exact) mass is 363 g/mol. The van der Waals surface area contributed by atoms with Crippen molar-refractivity contribution < 1.29 is 14.3 Å². The largest absolute Gasteiger partial charge is 0.482 e. The molecular weight excluding hydrogens is 342 g/mol. The Bertz CT molecular complexity index is 979. The van der Waals surface area contributed by atoms with Gasteiger partial charge in [0.05, 0.1) is 5.69 Å². The molecule has 3 aromatic rings. The van der Waals surface area contributed by atoms with Crippen molar-refractivity contribution in [1.82, 2.24) is 10.3 Å². The summed E-state index contributed by atoms with van der Waals surface area (Å²) in [6.07, 6.45) is 3.00. The van der Waals surface area contributed by atoms with E-state index in [0.29, 0.717) is 18.8 Å². The summed E-state index contributed by atoms with van der Waals surface area (Å²) in [6, 6.07) is 15.5. The zero-order chi connectivity index (χ0) is 18.6. The summed E-state index contributed by atoms with van der Waals surface area (Å²) in [5.41, 5.74) is 3.01. The highest BCUT2D eigenvalue weighted by molar-refractivity contribution is 5.98. The van der Waals surface area contributed by atoms with Crippen molar-refractivity contribution in [2.24, 2.45) is 0 Å². The van der Waals surface area contributed by atoms with E-state index in [4.69, 9.17) is 4.74 Å². The number of nitrogens with one attached hydrogen (secondary N) is 2. The minimum Gasteiger partial charge on any atom is -0.482 e. The molecule has 0 radical (unpaired) electrons. The minimum absolute atomic E-state index is 0.0131. The van der Waals surface area contributed by atoms with E-state index in [1.54, 1.807) is 4.90 Å². The van der Waals surface area contributed by atoms with Crippen LogP contribution in [0.25, 0.3) is 10.9 Å². The van der Waals surface area contributed by atoms with E-state index >= 15 is 0 Å². The van der Waals surface area contributed by atoms with Crippen molar-refractivity contribution in [3.63, 3.8) is 0 Å². The third-order valence-electron chi connectivity index (χ3n) is 4.76. The molecule has 2 heterocycles. The Balaban J connectivity index is 1.29. The van der Waals surface area contributed by atoms with Gasteiger partial charge in [-0.1, -0.05) is 30.3 Å². The number of rotatable bonds is 6. The van der Waals surface area contributed by atoms with Crippen molar-refractivity contribution in [2.45, 2.75) is 12.8 Å². The molecule has 0 spiro atoms. The fourth-order valence-corrected chi connectivity index (χ4v) is 3.38. The van der Waals surface area contributed by atoms with Crippen LogP contribution in [0, 0.1) is 0 Å². The smallest absolute Gasteiger partial charge is 0.265 e. The number of carbonyl (C=O) groups excluding carboxylic acids is 2. The second kappa shape index (κ2) is 7.53. The molecule has 2 aromatic carbocycles. The first-order valence-corrected chi connectivity index (χ1v) is 9.06. The van der Waals surface area contributed by atoms with Crippen molar-refractivity contribution >= 4 is 28.4 Å². The lowest BCUT2D eigenvalue weighted by atomic mass is 10.1. The second-order valence-corrected chi connectivity index (χ2v) is 6.51. The van der Waals surface area contributed by atoms with Gasteiger partial charge in [0.1, 0.15) is 5.75 Å². The summed E-state index contributed by atoms with van der Waals surface area (Å²) in [7, 11) is 0. The van der Waals surface area contributed by atoms with E-state index in [1.807, 2.05) is 48.7 Å². The molecular formula is C21H21N3O3. The minimum atomic E-state index is -0.125. The first-order valence-electron chi connectivity index (χ1n) is 9.06. The van der Waals surface area contributed by atoms with Gasteiger partial charge in [-0.2, -0.15) is 0 Å². The Morgan fingerprint density at radius 1 is 1.15 bits per heavy atom. The number of benzene rings is 2. The molecule has 0 aliphatic carbocycles. The van der Waals surface area contributed by atoms with Gasteiger partial charge >= 0.3 is 0 Å². The molecule has 1 aliphatic heterocycles. The SMILES string of the molecule is O=C(CCN1C(=O)COc2ccccc21)NCCc1c[nH]c2ccccc12. The molecule has 0 bridgehead atoms. The first-order chi connectivity index (χ1) is 13.2. The lowest BCUT2D eigenvalue weighted by Crippen LogP contribution is -2.41. The molecule has 0 fully saturated rings. The number of para-hydroxylation sites is 3.